The predicted octanol–water partition coefficient (Wildman–Crippen LogP) is 3.77. The molecular weight excluding hydrogens is 475 g/mol. The molecule has 3 rings (SSSR count). The van der Waals surface area contributed by atoms with Crippen LogP contribution in [0.1, 0.15) is 36.8 Å². The van der Waals surface area contributed by atoms with E-state index in [1.54, 1.807) is 0 Å². The monoisotopic (exact) mass is 506 g/mol. The molecule has 1 atom stereocenters. The molecule has 1 saturated heterocycles. The van der Waals surface area contributed by atoms with E-state index in [4.69, 9.17) is 0 Å². The van der Waals surface area contributed by atoms with Crippen LogP contribution < -0.4 is 10.6 Å². The van der Waals surface area contributed by atoms with Gasteiger partial charge in [0.05, 0.1) is 6.54 Å². The Labute approximate surface area is 191 Å². The van der Waals surface area contributed by atoms with E-state index >= 15 is 0 Å². The minimum atomic E-state index is 0. The van der Waals surface area contributed by atoms with Crippen molar-refractivity contribution in [3.63, 3.8) is 0 Å². The van der Waals surface area contributed by atoms with Gasteiger partial charge in [-0.15, -0.1) is 24.0 Å². The van der Waals surface area contributed by atoms with E-state index in [0.29, 0.717) is 25.4 Å². The first-order chi connectivity index (χ1) is 13.8. The van der Waals surface area contributed by atoms with Gasteiger partial charge in [-0.2, -0.15) is 0 Å². The Morgan fingerprint density at radius 3 is 2.45 bits per heavy atom. The van der Waals surface area contributed by atoms with E-state index < -0.39 is 0 Å². The summed E-state index contributed by atoms with van der Waals surface area (Å²) < 4.78 is 0. The summed E-state index contributed by atoms with van der Waals surface area (Å²) in [5, 5.41) is 6.33. The third-order valence-electron chi connectivity index (χ3n) is 5.03. The fourth-order valence-corrected chi connectivity index (χ4v) is 3.52. The summed E-state index contributed by atoms with van der Waals surface area (Å²) in [6.07, 6.45) is 1.53. The number of rotatable bonds is 7. The maximum absolute atomic E-state index is 12.1. The van der Waals surface area contributed by atoms with Crippen LogP contribution in [0.15, 0.2) is 65.7 Å². The zero-order valence-corrected chi connectivity index (χ0v) is 19.3. The second-order valence-corrected chi connectivity index (χ2v) is 7.09. The van der Waals surface area contributed by atoms with Crippen molar-refractivity contribution in [2.45, 2.75) is 32.2 Å². The molecule has 0 bridgehead atoms. The third-order valence-corrected chi connectivity index (χ3v) is 5.03. The first kappa shape index (κ1) is 23.2. The molecular formula is C23H31IN4O. The summed E-state index contributed by atoms with van der Waals surface area (Å²) in [5.41, 5.74) is 2.50. The molecule has 1 aliphatic heterocycles. The maximum atomic E-state index is 12.1. The highest BCUT2D eigenvalue weighted by atomic mass is 127. The number of halogens is 1. The van der Waals surface area contributed by atoms with Gasteiger partial charge in [-0.25, -0.2) is 0 Å². The summed E-state index contributed by atoms with van der Waals surface area (Å²) in [6.45, 7) is 5.92. The SMILES string of the molecule is CCNC(=NCCC(=O)NCc1ccccc1)N1CCC(c2ccccc2)C1.I. The molecule has 1 amide bonds. The van der Waals surface area contributed by atoms with Crippen LogP contribution in [-0.2, 0) is 11.3 Å². The van der Waals surface area contributed by atoms with Crippen LogP contribution in [0.4, 0.5) is 0 Å². The summed E-state index contributed by atoms with van der Waals surface area (Å²) >= 11 is 0. The molecule has 0 spiro atoms. The second-order valence-electron chi connectivity index (χ2n) is 7.09. The number of nitrogens with zero attached hydrogens (tertiary/aromatic N) is 2. The predicted molar refractivity (Wildman–Crippen MR) is 130 cm³/mol. The van der Waals surface area contributed by atoms with Crippen LogP contribution in [0.25, 0.3) is 0 Å². The molecule has 0 aromatic heterocycles. The zero-order chi connectivity index (χ0) is 19.6. The number of nitrogens with one attached hydrogen (secondary N) is 2. The first-order valence-electron chi connectivity index (χ1n) is 10.1. The van der Waals surface area contributed by atoms with Crippen molar-refractivity contribution in [2.24, 2.45) is 4.99 Å². The molecule has 156 valence electrons. The smallest absolute Gasteiger partial charge is 0.222 e. The van der Waals surface area contributed by atoms with E-state index in [2.05, 4.69) is 57.8 Å². The average Bonchev–Trinajstić information content (AvgIpc) is 3.23. The van der Waals surface area contributed by atoms with Crippen LogP contribution in [0.2, 0.25) is 0 Å². The van der Waals surface area contributed by atoms with Crippen molar-refractivity contribution >= 4 is 35.8 Å². The number of guanidine groups is 1. The number of likely N-dealkylation sites (tertiary alicyclic amines) is 1. The van der Waals surface area contributed by atoms with Gasteiger partial charge < -0.3 is 15.5 Å². The number of benzene rings is 2. The van der Waals surface area contributed by atoms with E-state index in [1.165, 1.54) is 5.56 Å². The fourth-order valence-electron chi connectivity index (χ4n) is 3.52. The molecule has 1 aliphatic rings. The number of aliphatic imine (C=N–C) groups is 1. The molecule has 0 aliphatic carbocycles. The van der Waals surface area contributed by atoms with E-state index in [9.17, 15) is 4.79 Å². The Kier molecular flexibility index (Phi) is 9.97. The molecule has 1 heterocycles. The first-order valence-corrected chi connectivity index (χ1v) is 10.1. The molecule has 2 aromatic rings. The van der Waals surface area contributed by atoms with Gasteiger partial charge in [0.25, 0.3) is 0 Å². The van der Waals surface area contributed by atoms with Gasteiger partial charge in [0.15, 0.2) is 5.96 Å². The van der Waals surface area contributed by atoms with Gasteiger partial charge in [-0.3, -0.25) is 9.79 Å². The quantitative estimate of drug-likeness (QED) is 0.342. The molecule has 2 N–H and O–H groups in total. The standard InChI is InChI=1S/C23H30N4O.HI/c1-2-24-23(27-16-14-21(18-27)20-11-7-4-8-12-20)25-15-13-22(28)26-17-19-9-5-3-6-10-19;/h3-12,21H,2,13-18H2,1H3,(H,24,25)(H,26,28);1H. The van der Waals surface area contributed by atoms with Crippen molar-refractivity contribution in [2.75, 3.05) is 26.2 Å². The highest BCUT2D eigenvalue weighted by Crippen LogP contribution is 2.26. The molecule has 29 heavy (non-hydrogen) atoms. The van der Waals surface area contributed by atoms with Gasteiger partial charge in [0, 0.05) is 38.5 Å². The zero-order valence-electron chi connectivity index (χ0n) is 17.0. The summed E-state index contributed by atoms with van der Waals surface area (Å²) in [7, 11) is 0. The number of hydrogen-bond acceptors (Lipinski definition) is 2. The van der Waals surface area contributed by atoms with Crippen molar-refractivity contribution in [3.8, 4) is 0 Å². The van der Waals surface area contributed by atoms with Crippen LogP contribution in [0.5, 0.6) is 0 Å². The lowest BCUT2D eigenvalue weighted by molar-refractivity contribution is -0.121. The topological polar surface area (TPSA) is 56.7 Å². The highest BCUT2D eigenvalue weighted by Gasteiger charge is 2.25. The minimum absolute atomic E-state index is 0. The van der Waals surface area contributed by atoms with Gasteiger partial charge in [-0.1, -0.05) is 60.7 Å². The van der Waals surface area contributed by atoms with Crippen molar-refractivity contribution in [1.29, 1.82) is 0 Å². The molecule has 1 fully saturated rings. The lowest BCUT2D eigenvalue weighted by Crippen LogP contribution is -2.40. The molecule has 1 unspecified atom stereocenters. The minimum Gasteiger partial charge on any atom is -0.357 e. The van der Waals surface area contributed by atoms with Gasteiger partial charge in [0.1, 0.15) is 0 Å². The molecule has 0 radical (unpaired) electrons. The van der Waals surface area contributed by atoms with Crippen molar-refractivity contribution < 1.29 is 4.79 Å². The van der Waals surface area contributed by atoms with Crippen LogP contribution >= 0.6 is 24.0 Å². The summed E-state index contributed by atoms with van der Waals surface area (Å²) in [5.74, 6) is 1.49. The van der Waals surface area contributed by atoms with E-state index in [1.807, 2.05) is 30.3 Å². The molecule has 5 nitrogen and oxygen atoms in total. The Morgan fingerprint density at radius 2 is 1.76 bits per heavy atom. The lowest BCUT2D eigenvalue weighted by Gasteiger charge is -2.21. The maximum Gasteiger partial charge on any atom is 0.222 e. The van der Waals surface area contributed by atoms with Crippen LogP contribution in [0, 0.1) is 0 Å². The molecule has 0 saturated carbocycles. The Hall–Kier alpha value is -2.09. The summed E-state index contributed by atoms with van der Waals surface area (Å²) in [6, 6.07) is 20.6. The number of carbonyl (C=O) groups excluding carboxylic acids is 1. The number of amides is 1. The number of hydrogen-bond donors (Lipinski definition) is 2. The highest BCUT2D eigenvalue weighted by molar-refractivity contribution is 14.0. The second kappa shape index (κ2) is 12.5. The third kappa shape index (κ3) is 7.34. The lowest BCUT2D eigenvalue weighted by atomic mass is 9.99. The Morgan fingerprint density at radius 1 is 1.07 bits per heavy atom. The van der Waals surface area contributed by atoms with Crippen molar-refractivity contribution in [1.82, 2.24) is 15.5 Å². The van der Waals surface area contributed by atoms with Crippen molar-refractivity contribution in [3.05, 3.63) is 71.8 Å². The normalized spacial score (nSPS) is 16.2. The van der Waals surface area contributed by atoms with Gasteiger partial charge in [-0.05, 0) is 24.5 Å². The Bertz CT molecular complexity index is 767. The average molecular weight is 506 g/mol. The molecule has 2 aromatic carbocycles. The van der Waals surface area contributed by atoms with Gasteiger partial charge >= 0.3 is 0 Å². The van der Waals surface area contributed by atoms with Gasteiger partial charge in [0.2, 0.25) is 5.91 Å². The van der Waals surface area contributed by atoms with E-state index in [0.717, 1.165) is 37.6 Å². The largest absolute Gasteiger partial charge is 0.357 e. The summed E-state index contributed by atoms with van der Waals surface area (Å²) in [4.78, 5) is 19.1. The van der Waals surface area contributed by atoms with E-state index in [-0.39, 0.29) is 29.9 Å². The van der Waals surface area contributed by atoms with Crippen LogP contribution in [0.3, 0.4) is 0 Å². The van der Waals surface area contributed by atoms with Crippen LogP contribution in [-0.4, -0.2) is 42.9 Å². The number of carbonyl (C=O) groups is 1. The fraction of sp³-hybridized carbons (Fsp3) is 0.391. The Balaban J connectivity index is 0.00000300. The molecule has 6 heteroatoms.